The molecule has 0 N–H and O–H groups in total. The first-order valence-corrected chi connectivity index (χ1v) is 5.31. The molecule has 0 aliphatic heterocycles. The van der Waals surface area contributed by atoms with Gasteiger partial charge in [0.05, 0.1) is 0 Å². The minimum Gasteiger partial charge on any atom is -0.262 e. The molecule has 0 spiro atoms. The predicted molar refractivity (Wildman–Crippen MR) is 41.2 cm³/mol. The van der Waals surface area contributed by atoms with Crippen molar-refractivity contribution in [1.82, 2.24) is 15.0 Å². The second-order valence-electron chi connectivity index (χ2n) is 1.89. The molecular weight excluding hydrogens is 156 g/mol. The molecule has 0 aromatic carbocycles. The molecule has 3 nitrogen and oxygen atoms in total. The summed E-state index contributed by atoms with van der Waals surface area (Å²) < 4.78 is 1.69. The van der Waals surface area contributed by atoms with E-state index in [9.17, 15) is 0 Å². The van der Waals surface area contributed by atoms with Crippen molar-refractivity contribution < 1.29 is 0 Å². The fourth-order valence-corrected chi connectivity index (χ4v) is 1.70. The predicted octanol–water partition coefficient (Wildman–Crippen LogP) is -1.65. The van der Waals surface area contributed by atoms with Gasteiger partial charge < -0.3 is 0 Å². The molecule has 0 amide bonds. The lowest BCUT2D eigenvalue weighted by Gasteiger charge is -1.98. The molecule has 0 atom stereocenters. The number of aromatic nitrogens is 3. The van der Waals surface area contributed by atoms with Gasteiger partial charge in [-0.1, -0.05) is 0 Å². The normalized spacial score (nSPS) is 9.40. The van der Waals surface area contributed by atoms with E-state index in [4.69, 9.17) is 0 Å². The van der Waals surface area contributed by atoms with Crippen LogP contribution in [0.25, 0.3) is 0 Å². The van der Waals surface area contributed by atoms with Crippen LogP contribution in [-0.4, -0.2) is 46.5 Å². The highest BCUT2D eigenvalue weighted by Crippen LogP contribution is 1.72. The van der Waals surface area contributed by atoms with Crippen molar-refractivity contribution in [3.05, 3.63) is 5.82 Å². The van der Waals surface area contributed by atoms with Crippen LogP contribution in [0, 0.1) is 6.92 Å². The molecule has 3 radical (unpaired) electrons. The molecule has 0 saturated carbocycles. The standard InChI is InChI=1S/C4H3N3.CH3.2Al/c1-4-6-2-5-3-7-4;;;/h1H3;1H3;;. The third-order valence-electron chi connectivity index (χ3n) is 1.04. The summed E-state index contributed by atoms with van der Waals surface area (Å²) in [6.07, 6.45) is 0. The molecule has 1 rings (SSSR count). The summed E-state index contributed by atoms with van der Waals surface area (Å²) in [7, 11) is 0. The minimum absolute atomic E-state index is 0.210. The topological polar surface area (TPSA) is 38.7 Å². The average molecular weight is 162 g/mol. The monoisotopic (exact) mass is 162 g/mol. The third-order valence-corrected chi connectivity index (χ3v) is 2.07. The molecule has 0 bridgehead atoms. The van der Waals surface area contributed by atoms with Crippen LogP contribution in [0.4, 0.5) is 0 Å². The van der Waals surface area contributed by atoms with Crippen molar-refractivity contribution >= 4 is 40.9 Å². The quantitative estimate of drug-likeness (QED) is 0.464. The van der Waals surface area contributed by atoms with Gasteiger partial charge in [0.2, 0.25) is 16.3 Å². The number of nitrogens with zero attached hydrogens (tertiary/aromatic N) is 3. The van der Waals surface area contributed by atoms with Crippen LogP contribution in [0.15, 0.2) is 0 Å². The maximum absolute atomic E-state index is 4.15. The summed E-state index contributed by atoms with van der Waals surface area (Å²) in [5, 5.41) is 0. The third kappa shape index (κ3) is 2.04. The molecule has 1 aromatic rings. The summed E-state index contributed by atoms with van der Waals surface area (Å²) in [6.45, 7) is 1.88. The first-order valence-electron chi connectivity index (χ1n) is 3.00. The first kappa shape index (κ1) is 8.17. The lowest BCUT2D eigenvalue weighted by Crippen LogP contribution is -2.31. The van der Waals surface area contributed by atoms with Crippen molar-refractivity contribution in [2.24, 2.45) is 0 Å². The van der Waals surface area contributed by atoms with Gasteiger partial charge >= 0.3 is 15.2 Å². The largest absolute Gasteiger partial charge is 0.312 e. The second-order valence-corrected chi connectivity index (χ2v) is 3.50. The van der Waals surface area contributed by atoms with E-state index in [1.54, 1.807) is 0 Å². The summed E-state index contributed by atoms with van der Waals surface area (Å²) in [5.74, 6) is 2.92. The van der Waals surface area contributed by atoms with Crippen LogP contribution in [0.3, 0.4) is 0 Å². The lowest BCUT2D eigenvalue weighted by molar-refractivity contribution is 1.04. The van der Waals surface area contributed by atoms with E-state index in [1.807, 2.05) is 6.92 Å². The molecule has 5 heteroatoms. The maximum atomic E-state index is 4.15. The van der Waals surface area contributed by atoms with Gasteiger partial charge in [0, 0.05) is 9.37 Å². The zero-order chi connectivity index (χ0) is 7.56. The Morgan fingerprint density at radius 2 is 2.00 bits per heavy atom. The van der Waals surface area contributed by atoms with E-state index in [-0.39, 0.29) is 15.2 Å². The van der Waals surface area contributed by atoms with E-state index < -0.39 is 0 Å². The molecule has 1 aromatic heterocycles. The van der Waals surface area contributed by atoms with Gasteiger partial charge in [-0.05, 0) is 6.92 Å². The number of rotatable bonds is 1. The van der Waals surface area contributed by atoms with Gasteiger partial charge in [-0.15, -0.1) is 5.79 Å². The molecule has 1 heterocycles. The van der Waals surface area contributed by atoms with Gasteiger partial charge in [-0.2, -0.15) is 0 Å². The van der Waals surface area contributed by atoms with E-state index in [2.05, 4.69) is 37.0 Å². The van der Waals surface area contributed by atoms with Gasteiger partial charge in [0.15, 0.2) is 0 Å². The van der Waals surface area contributed by atoms with Gasteiger partial charge in [-0.3, -0.25) is 4.98 Å². The average Bonchev–Trinajstić information content (AvgIpc) is 1.85. The van der Waals surface area contributed by atoms with Crippen LogP contribution >= 0.6 is 0 Å². The Labute approximate surface area is 74.4 Å². The molecule has 10 heavy (non-hydrogen) atoms. The smallest absolute Gasteiger partial charge is 0.262 e. The van der Waals surface area contributed by atoms with E-state index in [0.717, 1.165) is 15.2 Å². The zero-order valence-electron chi connectivity index (χ0n) is 6.00. The van der Waals surface area contributed by atoms with Crippen molar-refractivity contribution in [3.8, 4) is 0 Å². The molecule has 0 unspecified atom stereocenters. The zero-order valence-corrected chi connectivity index (χ0v) is 8.31. The van der Waals surface area contributed by atoms with Crippen LogP contribution in [0.2, 0.25) is 5.79 Å². The van der Waals surface area contributed by atoms with Gasteiger partial charge in [0.1, 0.15) is 5.82 Å². The number of aryl methyl sites for hydroxylation is 1. The molecular formula is C5H6Al2N3. The highest BCUT2D eigenvalue weighted by Gasteiger charge is 1.96. The Balaban J connectivity index is 3.06. The Bertz CT molecular complexity index is 218. The van der Waals surface area contributed by atoms with Crippen LogP contribution in [-0.2, 0) is 0 Å². The molecule has 0 aliphatic carbocycles. The first-order chi connectivity index (χ1) is 4.72. The number of hydrogen-bond acceptors (Lipinski definition) is 3. The summed E-state index contributed by atoms with van der Waals surface area (Å²) in [6, 6.07) is 0. The van der Waals surface area contributed by atoms with Crippen LogP contribution < -0.4 is 9.37 Å². The summed E-state index contributed by atoms with van der Waals surface area (Å²) in [5.41, 5.74) is 0. The molecule has 47 valence electrons. The minimum atomic E-state index is 0.210. The Morgan fingerprint density at radius 1 is 1.30 bits per heavy atom. The van der Waals surface area contributed by atoms with Crippen LogP contribution in [0.5, 0.6) is 0 Å². The fourth-order valence-electron chi connectivity index (χ4n) is 0.653. The fraction of sp³-hybridized carbons (Fsp3) is 0.400. The SMILES string of the molecule is [CH3][Al][c]1nc(C)n[c]([Al])n1. The van der Waals surface area contributed by atoms with Gasteiger partial charge in [-0.25, -0.2) is 9.97 Å². The molecule has 0 aliphatic rings. The highest BCUT2D eigenvalue weighted by molar-refractivity contribution is 6.50. The Kier molecular flexibility index (Phi) is 2.83. The van der Waals surface area contributed by atoms with Crippen molar-refractivity contribution in [2.75, 3.05) is 0 Å². The lowest BCUT2D eigenvalue weighted by atomic mass is 10.7. The van der Waals surface area contributed by atoms with E-state index >= 15 is 0 Å². The van der Waals surface area contributed by atoms with E-state index in [1.165, 1.54) is 0 Å². The van der Waals surface area contributed by atoms with E-state index in [0.29, 0.717) is 0 Å². The molecule has 0 saturated heterocycles. The Morgan fingerprint density at radius 3 is 2.50 bits per heavy atom. The maximum Gasteiger partial charge on any atom is 0.312 e. The number of hydrogen-bond donors (Lipinski definition) is 0. The van der Waals surface area contributed by atoms with Crippen molar-refractivity contribution in [1.29, 1.82) is 0 Å². The van der Waals surface area contributed by atoms with Gasteiger partial charge in [0.25, 0.3) is 0 Å². The van der Waals surface area contributed by atoms with Crippen molar-refractivity contribution in [2.45, 2.75) is 12.7 Å². The van der Waals surface area contributed by atoms with Crippen LogP contribution in [0.1, 0.15) is 5.82 Å². The molecule has 0 fully saturated rings. The summed E-state index contributed by atoms with van der Waals surface area (Å²) in [4.78, 5) is 12.3. The van der Waals surface area contributed by atoms with Crippen molar-refractivity contribution in [3.63, 3.8) is 0 Å². The summed E-state index contributed by atoms with van der Waals surface area (Å²) >= 11 is 2.69. The second kappa shape index (κ2) is 3.46. The Hall–Kier alpha value is 0.0749. The highest BCUT2D eigenvalue weighted by atomic mass is 27.1.